The van der Waals surface area contributed by atoms with Crippen molar-refractivity contribution >= 4 is 5.97 Å². The van der Waals surface area contributed by atoms with Gasteiger partial charge in [-0.2, -0.15) is 0 Å². The number of carbonyl (C=O) groups is 1. The molecule has 0 heterocycles. The molecule has 0 saturated heterocycles. The summed E-state index contributed by atoms with van der Waals surface area (Å²) in [6, 6.07) is 0. The van der Waals surface area contributed by atoms with Crippen LogP contribution in [0, 0.1) is 17.8 Å². The average Bonchev–Trinajstić information content (AvgIpc) is 2.60. The van der Waals surface area contributed by atoms with Crippen molar-refractivity contribution in [1.29, 1.82) is 0 Å². The highest BCUT2D eigenvalue weighted by Gasteiger charge is 2.48. The monoisotopic (exact) mass is 170 g/mol. The molecule has 0 radical (unpaired) electrons. The Kier molecular flexibility index (Phi) is 1.83. The predicted molar refractivity (Wildman–Crippen MR) is 42.3 cm³/mol. The molecule has 2 rings (SSSR count). The normalized spacial score (nSPS) is 44.8. The summed E-state index contributed by atoms with van der Waals surface area (Å²) in [4.78, 5) is 11.2. The van der Waals surface area contributed by atoms with Gasteiger partial charge in [0.05, 0.1) is 19.1 Å². The number of methoxy groups -OCH3 is 1. The fourth-order valence-corrected chi connectivity index (χ4v) is 2.74. The van der Waals surface area contributed by atoms with Gasteiger partial charge in [0.1, 0.15) is 0 Å². The second-order valence-corrected chi connectivity index (χ2v) is 3.93. The molecule has 4 atom stereocenters. The third kappa shape index (κ3) is 1.04. The molecule has 0 aliphatic heterocycles. The Labute approximate surface area is 71.7 Å². The molecule has 1 N–H and O–H groups in total. The van der Waals surface area contributed by atoms with E-state index in [4.69, 9.17) is 0 Å². The first-order valence-corrected chi connectivity index (χ1v) is 4.48. The SMILES string of the molecule is COC(=O)[C@H]1C[C@@H]2C[C@@H]1[C@H](O)C2. The number of rotatable bonds is 1. The van der Waals surface area contributed by atoms with Crippen LogP contribution in [0.5, 0.6) is 0 Å². The highest BCUT2D eigenvalue weighted by atomic mass is 16.5. The van der Waals surface area contributed by atoms with Crippen molar-refractivity contribution < 1.29 is 14.6 Å². The molecular formula is C9H14O3. The van der Waals surface area contributed by atoms with E-state index in [-0.39, 0.29) is 23.9 Å². The second kappa shape index (κ2) is 2.73. The molecule has 0 unspecified atom stereocenters. The lowest BCUT2D eigenvalue weighted by molar-refractivity contribution is -0.149. The number of aliphatic hydroxyl groups excluding tert-OH is 1. The van der Waals surface area contributed by atoms with Crippen molar-refractivity contribution in [3.05, 3.63) is 0 Å². The summed E-state index contributed by atoms with van der Waals surface area (Å²) >= 11 is 0. The van der Waals surface area contributed by atoms with Crippen LogP contribution in [0.25, 0.3) is 0 Å². The van der Waals surface area contributed by atoms with Gasteiger partial charge >= 0.3 is 5.97 Å². The maximum Gasteiger partial charge on any atom is 0.309 e. The van der Waals surface area contributed by atoms with Gasteiger partial charge in [-0.3, -0.25) is 4.79 Å². The third-order valence-corrected chi connectivity index (χ3v) is 3.28. The molecule has 3 nitrogen and oxygen atoms in total. The van der Waals surface area contributed by atoms with Gasteiger partial charge in [-0.05, 0) is 31.1 Å². The van der Waals surface area contributed by atoms with Crippen molar-refractivity contribution in [2.45, 2.75) is 25.4 Å². The van der Waals surface area contributed by atoms with Crippen molar-refractivity contribution in [3.8, 4) is 0 Å². The number of carbonyl (C=O) groups excluding carboxylic acids is 1. The lowest BCUT2D eigenvalue weighted by Gasteiger charge is -2.23. The minimum Gasteiger partial charge on any atom is -0.469 e. The van der Waals surface area contributed by atoms with Crippen molar-refractivity contribution in [1.82, 2.24) is 0 Å². The summed E-state index contributed by atoms with van der Waals surface area (Å²) in [5.74, 6) is 0.585. The standard InChI is InChI=1S/C9H14O3/c1-12-9(11)7-3-5-2-6(7)8(10)4-5/h5-8,10H,2-4H2,1H3/t5-,6-,7-,8+/m0/s1. The molecular weight excluding hydrogens is 156 g/mol. The molecule has 12 heavy (non-hydrogen) atoms. The van der Waals surface area contributed by atoms with Crippen LogP contribution in [0.2, 0.25) is 0 Å². The van der Waals surface area contributed by atoms with Gasteiger partial charge in [-0.1, -0.05) is 0 Å². The lowest BCUT2D eigenvalue weighted by Crippen LogP contribution is -2.30. The summed E-state index contributed by atoms with van der Waals surface area (Å²) in [6.07, 6.45) is 2.57. The van der Waals surface area contributed by atoms with Crippen LogP contribution in [0.4, 0.5) is 0 Å². The van der Waals surface area contributed by atoms with E-state index >= 15 is 0 Å². The molecule has 0 amide bonds. The lowest BCUT2D eigenvalue weighted by atomic mass is 9.87. The van der Waals surface area contributed by atoms with E-state index < -0.39 is 0 Å². The quantitative estimate of drug-likeness (QED) is 0.585. The maximum atomic E-state index is 11.2. The summed E-state index contributed by atoms with van der Waals surface area (Å²) in [5, 5.41) is 9.53. The Morgan fingerprint density at radius 3 is 2.67 bits per heavy atom. The molecule has 68 valence electrons. The van der Waals surface area contributed by atoms with E-state index in [1.165, 1.54) is 7.11 Å². The van der Waals surface area contributed by atoms with Crippen molar-refractivity contribution in [2.75, 3.05) is 7.11 Å². The third-order valence-electron chi connectivity index (χ3n) is 3.28. The fraction of sp³-hybridized carbons (Fsp3) is 0.889. The van der Waals surface area contributed by atoms with Crippen LogP contribution < -0.4 is 0 Å². The Morgan fingerprint density at radius 2 is 2.17 bits per heavy atom. The fourth-order valence-electron chi connectivity index (χ4n) is 2.74. The minimum absolute atomic E-state index is 0.0243. The first kappa shape index (κ1) is 8.05. The summed E-state index contributed by atoms with van der Waals surface area (Å²) in [5.41, 5.74) is 0. The van der Waals surface area contributed by atoms with Gasteiger partial charge in [-0.15, -0.1) is 0 Å². The Morgan fingerprint density at radius 1 is 1.42 bits per heavy atom. The Balaban J connectivity index is 2.07. The summed E-state index contributed by atoms with van der Waals surface area (Å²) in [7, 11) is 1.42. The highest BCUT2D eigenvalue weighted by molar-refractivity contribution is 5.73. The van der Waals surface area contributed by atoms with Crippen LogP contribution in [-0.4, -0.2) is 24.3 Å². The highest BCUT2D eigenvalue weighted by Crippen LogP contribution is 2.48. The summed E-state index contributed by atoms with van der Waals surface area (Å²) < 4.78 is 4.69. The number of hydrogen-bond acceptors (Lipinski definition) is 3. The van der Waals surface area contributed by atoms with Gasteiger partial charge in [0, 0.05) is 0 Å². The van der Waals surface area contributed by atoms with Crippen LogP contribution in [0.1, 0.15) is 19.3 Å². The molecule has 3 heteroatoms. The summed E-state index contributed by atoms with van der Waals surface area (Å²) in [6.45, 7) is 0. The van der Waals surface area contributed by atoms with Crippen LogP contribution in [-0.2, 0) is 9.53 Å². The Hall–Kier alpha value is -0.570. The van der Waals surface area contributed by atoms with E-state index in [2.05, 4.69) is 4.74 Å². The molecule has 2 fully saturated rings. The molecule has 0 aromatic carbocycles. The predicted octanol–water partition coefficient (Wildman–Crippen LogP) is 0.566. The molecule has 2 bridgehead atoms. The van der Waals surface area contributed by atoms with E-state index in [0.717, 1.165) is 19.3 Å². The number of fused-ring (bicyclic) bond motifs is 2. The maximum absolute atomic E-state index is 11.2. The number of ether oxygens (including phenoxy) is 1. The Bertz CT molecular complexity index is 202. The molecule has 0 spiro atoms. The molecule has 0 aromatic heterocycles. The molecule has 2 aliphatic carbocycles. The van der Waals surface area contributed by atoms with Crippen LogP contribution in [0.15, 0.2) is 0 Å². The number of aliphatic hydroxyl groups is 1. The van der Waals surface area contributed by atoms with Crippen molar-refractivity contribution in [3.63, 3.8) is 0 Å². The molecule has 2 aliphatic rings. The van der Waals surface area contributed by atoms with Gasteiger partial charge in [-0.25, -0.2) is 0 Å². The average molecular weight is 170 g/mol. The first-order valence-electron chi connectivity index (χ1n) is 4.48. The second-order valence-electron chi connectivity index (χ2n) is 3.93. The van der Waals surface area contributed by atoms with Gasteiger partial charge in [0.25, 0.3) is 0 Å². The number of esters is 1. The first-order chi connectivity index (χ1) is 5.72. The zero-order valence-corrected chi connectivity index (χ0v) is 7.19. The van der Waals surface area contributed by atoms with E-state index in [1.807, 2.05) is 0 Å². The smallest absolute Gasteiger partial charge is 0.309 e. The van der Waals surface area contributed by atoms with E-state index in [1.54, 1.807) is 0 Å². The molecule has 2 saturated carbocycles. The van der Waals surface area contributed by atoms with E-state index in [0.29, 0.717) is 5.92 Å². The van der Waals surface area contributed by atoms with Gasteiger partial charge < -0.3 is 9.84 Å². The largest absolute Gasteiger partial charge is 0.469 e. The van der Waals surface area contributed by atoms with Gasteiger partial charge in [0.2, 0.25) is 0 Å². The zero-order valence-electron chi connectivity index (χ0n) is 7.19. The zero-order chi connectivity index (χ0) is 8.72. The van der Waals surface area contributed by atoms with Crippen molar-refractivity contribution in [2.24, 2.45) is 17.8 Å². The molecule has 0 aromatic rings. The number of hydrogen-bond donors (Lipinski definition) is 1. The van der Waals surface area contributed by atoms with Gasteiger partial charge in [0.15, 0.2) is 0 Å². The topological polar surface area (TPSA) is 46.5 Å². The van der Waals surface area contributed by atoms with Crippen LogP contribution >= 0.6 is 0 Å². The van der Waals surface area contributed by atoms with E-state index in [9.17, 15) is 9.90 Å². The van der Waals surface area contributed by atoms with Crippen LogP contribution in [0.3, 0.4) is 0 Å². The minimum atomic E-state index is -0.257.